The Morgan fingerprint density at radius 3 is 2.21 bits per heavy atom. The lowest BCUT2D eigenvalue weighted by atomic mass is 10.2. The third-order valence-corrected chi connectivity index (χ3v) is 2.49. The summed E-state index contributed by atoms with van der Waals surface area (Å²) in [5.41, 5.74) is 1.75. The van der Waals surface area contributed by atoms with Crippen LogP contribution in [0.25, 0.3) is 0 Å². The van der Waals surface area contributed by atoms with E-state index in [2.05, 4.69) is 10.2 Å². The Balaban J connectivity index is 1.98. The first-order chi connectivity index (χ1) is 9.15. The van der Waals surface area contributed by atoms with E-state index >= 15 is 0 Å². The molecule has 0 unspecified atom stereocenters. The van der Waals surface area contributed by atoms with Gasteiger partial charge in [-0.05, 0) is 42.0 Å². The molecule has 0 aliphatic carbocycles. The number of aromatic hydroxyl groups is 1. The summed E-state index contributed by atoms with van der Waals surface area (Å²) in [5, 5.41) is 25.9. The molecule has 0 bridgehead atoms. The summed E-state index contributed by atoms with van der Waals surface area (Å²) < 4.78 is 0. The van der Waals surface area contributed by atoms with Crippen LogP contribution in [0.1, 0.15) is 15.9 Å². The highest BCUT2D eigenvalue weighted by atomic mass is 16.4. The van der Waals surface area contributed by atoms with E-state index in [-0.39, 0.29) is 11.3 Å². The van der Waals surface area contributed by atoms with Crippen LogP contribution in [0, 0.1) is 0 Å². The Hall–Kier alpha value is -2.69. The zero-order chi connectivity index (χ0) is 13.7. The number of carbonyl (C=O) groups is 1. The van der Waals surface area contributed by atoms with E-state index < -0.39 is 5.97 Å². The largest absolute Gasteiger partial charge is 0.508 e. The van der Waals surface area contributed by atoms with Crippen LogP contribution in [-0.4, -0.2) is 16.2 Å². The lowest BCUT2D eigenvalue weighted by Gasteiger charge is -1.97. The molecule has 2 rings (SSSR count). The standard InChI is InChI=1S/C14H12N2O3/c17-13-7-1-10(2-8-13)9-15-16-12-5-3-11(4-6-12)14(18)19/h1-8,17H,9H2,(H,18,19). The maximum Gasteiger partial charge on any atom is 0.335 e. The number of carboxylic acids is 1. The van der Waals surface area contributed by atoms with E-state index in [4.69, 9.17) is 10.2 Å². The van der Waals surface area contributed by atoms with Crippen LogP contribution in [0.2, 0.25) is 0 Å². The van der Waals surface area contributed by atoms with Gasteiger partial charge in [-0.15, -0.1) is 0 Å². The summed E-state index contributed by atoms with van der Waals surface area (Å²) >= 11 is 0. The van der Waals surface area contributed by atoms with Crippen molar-refractivity contribution in [3.63, 3.8) is 0 Å². The first kappa shape index (κ1) is 12.8. The van der Waals surface area contributed by atoms with Gasteiger partial charge in [-0.3, -0.25) is 0 Å². The number of aromatic carboxylic acids is 1. The Morgan fingerprint density at radius 2 is 1.63 bits per heavy atom. The molecule has 96 valence electrons. The van der Waals surface area contributed by atoms with Crippen LogP contribution in [0.4, 0.5) is 5.69 Å². The molecule has 19 heavy (non-hydrogen) atoms. The zero-order valence-electron chi connectivity index (χ0n) is 10.0. The molecule has 0 radical (unpaired) electrons. The number of phenolic OH excluding ortho intramolecular Hbond substituents is 1. The number of rotatable bonds is 4. The fourth-order valence-electron chi connectivity index (χ4n) is 1.47. The van der Waals surface area contributed by atoms with E-state index in [0.717, 1.165) is 5.56 Å². The van der Waals surface area contributed by atoms with Gasteiger partial charge in [0.15, 0.2) is 0 Å². The van der Waals surface area contributed by atoms with Crippen molar-refractivity contribution in [1.29, 1.82) is 0 Å². The van der Waals surface area contributed by atoms with Gasteiger partial charge in [-0.2, -0.15) is 10.2 Å². The molecule has 0 aromatic heterocycles. The van der Waals surface area contributed by atoms with Crippen LogP contribution < -0.4 is 0 Å². The highest BCUT2D eigenvalue weighted by molar-refractivity contribution is 5.87. The molecule has 0 atom stereocenters. The topological polar surface area (TPSA) is 82.2 Å². The van der Waals surface area contributed by atoms with Crippen LogP contribution in [-0.2, 0) is 6.54 Å². The summed E-state index contributed by atoms with van der Waals surface area (Å²) in [6.07, 6.45) is 0. The van der Waals surface area contributed by atoms with Crippen molar-refractivity contribution in [2.45, 2.75) is 6.54 Å². The first-order valence-corrected chi connectivity index (χ1v) is 5.64. The third kappa shape index (κ3) is 3.64. The number of phenols is 1. The molecule has 0 aliphatic heterocycles. The van der Waals surface area contributed by atoms with Crippen molar-refractivity contribution in [3.8, 4) is 5.75 Å². The number of carboxylic acid groups (broad SMARTS) is 1. The fourth-order valence-corrected chi connectivity index (χ4v) is 1.47. The molecule has 2 N–H and O–H groups in total. The van der Waals surface area contributed by atoms with Gasteiger partial charge in [0.2, 0.25) is 0 Å². The molecule has 0 heterocycles. The van der Waals surface area contributed by atoms with Crippen LogP contribution in [0.5, 0.6) is 5.75 Å². The SMILES string of the molecule is O=C(O)c1ccc(N=NCc2ccc(O)cc2)cc1. The second-order valence-corrected chi connectivity index (χ2v) is 3.92. The Bertz CT molecular complexity index is 589. The fraction of sp³-hybridized carbons (Fsp3) is 0.0714. The van der Waals surface area contributed by atoms with Gasteiger partial charge < -0.3 is 10.2 Å². The van der Waals surface area contributed by atoms with E-state index in [1.54, 1.807) is 36.4 Å². The highest BCUT2D eigenvalue weighted by Crippen LogP contribution is 2.15. The van der Waals surface area contributed by atoms with E-state index in [1.165, 1.54) is 12.1 Å². The zero-order valence-corrected chi connectivity index (χ0v) is 10.0. The van der Waals surface area contributed by atoms with E-state index in [1.807, 2.05) is 0 Å². The number of nitrogens with zero attached hydrogens (tertiary/aromatic N) is 2. The molecule has 2 aromatic carbocycles. The lowest BCUT2D eigenvalue weighted by molar-refractivity contribution is 0.0697. The minimum atomic E-state index is -0.965. The van der Waals surface area contributed by atoms with Crippen molar-refractivity contribution in [3.05, 3.63) is 59.7 Å². The number of benzene rings is 2. The highest BCUT2D eigenvalue weighted by Gasteiger charge is 2.00. The molecule has 5 heteroatoms. The molecule has 0 saturated heterocycles. The summed E-state index contributed by atoms with van der Waals surface area (Å²) in [7, 11) is 0. The third-order valence-electron chi connectivity index (χ3n) is 2.49. The van der Waals surface area contributed by atoms with Crippen molar-refractivity contribution in [1.82, 2.24) is 0 Å². The monoisotopic (exact) mass is 256 g/mol. The molecule has 2 aromatic rings. The minimum absolute atomic E-state index is 0.213. The van der Waals surface area contributed by atoms with Crippen molar-refractivity contribution >= 4 is 11.7 Å². The maximum atomic E-state index is 10.7. The normalized spacial score (nSPS) is 10.7. The molecular weight excluding hydrogens is 244 g/mol. The molecule has 0 spiro atoms. The van der Waals surface area contributed by atoms with Crippen LogP contribution >= 0.6 is 0 Å². The predicted octanol–water partition coefficient (Wildman–Crippen LogP) is 3.37. The quantitative estimate of drug-likeness (QED) is 0.822. The van der Waals surface area contributed by atoms with Gasteiger partial charge in [0.25, 0.3) is 0 Å². The molecule has 0 fully saturated rings. The van der Waals surface area contributed by atoms with Gasteiger partial charge in [0.05, 0.1) is 17.8 Å². The molecular formula is C14H12N2O3. The second-order valence-electron chi connectivity index (χ2n) is 3.92. The van der Waals surface area contributed by atoms with Gasteiger partial charge in [0.1, 0.15) is 5.75 Å². The second kappa shape index (κ2) is 5.77. The van der Waals surface area contributed by atoms with Gasteiger partial charge in [-0.1, -0.05) is 12.1 Å². The first-order valence-electron chi connectivity index (χ1n) is 5.64. The molecule has 5 nitrogen and oxygen atoms in total. The average Bonchev–Trinajstić information content (AvgIpc) is 2.41. The van der Waals surface area contributed by atoms with Crippen LogP contribution in [0.15, 0.2) is 58.8 Å². The summed E-state index contributed by atoms with van der Waals surface area (Å²) in [6, 6.07) is 12.9. The Labute approximate surface area is 109 Å². The van der Waals surface area contributed by atoms with Gasteiger partial charge in [0, 0.05) is 0 Å². The van der Waals surface area contributed by atoms with Gasteiger partial charge >= 0.3 is 5.97 Å². The van der Waals surface area contributed by atoms with Gasteiger partial charge in [-0.25, -0.2) is 4.79 Å². The number of hydrogen-bond acceptors (Lipinski definition) is 4. The smallest absolute Gasteiger partial charge is 0.335 e. The average molecular weight is 256 g/mol. The van der Waals surface area contributed by atoms with Crippen LogP contribution in [0.3, 0.4) is 0 Å². The number of hydrogen-bond donors (Lipinski definition) is 2. The lowest BCUT2D eigenvalue weighted by Crippen LogP contribution is -1.93. The predicted molar refractivity (Wildman–Crippen MR) is 69.7 cm³/mol. The minimum Gasteiger partial charge on any atom is -0.508 e. The van der Waals surface area contributed by atoms with E-state index in [0.29, 0.717) is 12.2 Å². The molecule has 0 amide bonds. The van der Waals surface area contributed by atoms with Crippen molar-refractivity contribution in [2.75, 3.05) is 0 Å². The van der Waals surface area contributed by atoms with E-state index in [9.17, 15) is 4.79 Å². The summed E-state index contributed by atoms with van der Waals surface area (Å²) in [5.74, 6) is -0.752. The summed E-state index contributed by atoms with van der Waals surface area (Å²) in [6.45, 7) is 0.404. The molecule has 0 saturated carbocycles. The molecule has 0 aliphatic rings. The Morgan fingerprint density at radius 1 is 1.00 bits per heavy atom. The number of azo groups is 1. The Kier molecular flexibility index (Phi) is 3.87. The van der Waals surface area contributed by atoms with Crippen molar-refractivity contribution in [2.24, 2.45) is 10.2 Å². The summed E-state index contributed by atoms with van der Waals surface area (Å²) in [4.78, 5) is 10.7. The maximum absolute atomic E-state index is 10.7. The van der Waals surface area contributed by atoms with Crippen molar-refractivity contribution < 1.29 is 15.0 Å².